The van der Waals surface area contributed by atoms with Gasteiger partial charge in [-0.1, -0.05) is 17.7 Å². The number of rotatable bonds is 0. The Kier molecular flexibility index (Phi) is 1.66. The predicted octanol–water partition coefficient (Wildman–Crippen LogP) is 2.04. The lowest BCUT2D eigenvalue weighted by Gasteiger charge is -2.11. The fourth-order valence-corrected chi connectivity index (χ4v) is 2.51. The molecule has 3 rings (SSSR count). The summed E-state index contributed by atoms with van der Waals surface area (Å²) in [5.41, 5.74) is 3.78. The minimum absolute atomic E-state index is 0.0735. The Morgan fingerprint density at radius 3 is 2.47 bits per heavy atom. The summed E-state index contributed by atoms with van der Waals surface area (Å²) < 4.78 is 0. The summed E-state index contributed by atoms with van der Waals surface area (Å²) in [6.07, 6.45) is 9.22. The van der Waals surface area contributed by atoms with Crippen molar-refractivity contribution in [2.75, 3.05) is 0 Å². The van der Waals surface area contributed by atoms with E-state index in [2.05, 4.69) is 0 Å². The van der Waals surface area contributed by atoms with Gasteiger partial charge in [0.25, 0.3) is 0 Å². The van der Waals surface area contributed by atoms with E-state index in [9.17, 15) is 9.59 Å². The van der Waals surface area contributed by atoms with Crippen LogP contribution in [0, 0.1) is 0 Å². The third-order valence-corrected chi connectivity index (χ3v) is 3.18. The Labute approximate surface area is 87.7 Å². The molecular weight excluding hydrogens is 188 g/mol. The fraction of sp³-hybridized carbons (Fsp3) is 0.231. The van der Waals surface area contributed by atoms with Crippen molar-refractivity contribution in [1.82, 2.24) is 0 Å². The molecule has 15 heavy (non-hydrogen) atoms. The number of carbonyl (C=O) groups is 2. The van der Waals surface area contributed by atoms with E-state index in [0.717, 1.165) is 35.1 Å². The molecule has 3 aliphatic rings. The molecule has 0 saturated heterocycles. The standard InChI is InChI=1S/C13H10O2/c14-11-5-2-4-9-10(11)7-8-3-1-6-12(15)13(8)9/h1-2,5-6H,3-4,7H2. The quantitative estimate of drug-likeness (QED) is 0.597. The van der Waals surface area contributed by atoms with E-state index < -0.39 is 0 Å². The van der Waals surface area contributed by atoms with E-state index in [1.165, 1.54) is 0 Å². The number of allylic oxidation sites excluding steroid dienone is 8. The molecule has 0 atom stereocenters. The number of carbonyl (C=O) groups excluding carboxylic acids is 2. The number of hydrogen-bond donors (Lipinski definition) is 0. The highest BCUT2D eigenvalue weighted by Crippen LogP contribution is 2.40. The summed E-state index contributed by atoms with van der Waals surface area (Å²) in [6.45, 7) is 0. The Hall–Kier alpha value is -1.70. The molecule has 74 valence electrons. The number of ketones is 2. The summed E-state index contributed by atoms with van der Waals surface area (Å²) >= 11 is 0. The van der Waals surface area contributed by atoms with Gasteiger partial charge in [-0.3, -0.25) is 9.59 Å². The van der Waals surface area contributed by atoms with E-state index in [0.29, 0.717) is 6.42 Å². The van der Waals surface area contributed by atoms with Gasteiger partial charge in [0.2, 0.25) is 0 Å². The van der Waals surface area contributed by atoms with Gasteiger partial charge in [-0.25, -0.2) is 0 Å². The lowest BCUT2D eigenvalue weighted by Crippen LogP contribution is -2.08. The van der Waals surface area contributed by atoms with Gasteiger partial charge in [0.05, 0.1) is 0 Å². The van der Waals surface area contributed by atoms with Gasteiger partial charge in [-0.05, 0) is 37.0 Å². The topological polar surface area (TPSA) is 34.1 Å². The SMILES string of the molecule is O=C1C=CCC2=C1CC1=C2C(=O)C=CC1. The van der Waals surface area contributed by atoms with Gasteiger partial charge in [0, 0.05) is 11.1 Å². The second-order valence-corrected chi connectivity index (χ2v) is 4.05. The Morgan fingerprint density at radius 2 is 1.60 bits per heavy atom. The molecule has 0 aromatic carbocycles. The monoisotopic (exact) mass is 198 g/mol. The molecule has 0 bridgehead atoms. The van der Waals surface area contributed by atoms with Gasteiger partial charge >= 0.3 is 0 Å². The third-order valence-electron chi connectivity index (χ3n) is 3.18. The first-order valence-corrected chi connectivity index (χ1v) is 5.13. The molecule has 0 fully saturated rings. The molecular formula is C13H10O2. The van der Waals surface area contributed by atoms with Crippen LogP contribution in [0.2, 0.25) is 0 Å². The first-order chi connectivity index (χ1) is 7.27. The highest BCUT2D eigenvalue weighted by Gasteiger charge is 2.32. The molecule has 2 heteroatoms. The Bertz CT molecular complexity index is 499. The van der Waals surface area contributed by atoms with Crippen LogP contribution in [0.3, 0.4) is 0 Å². The Morgan fingerprint density at radius 1 is 0.867 bits per heavy atom. The average Bonchev–Trinajstić information content (AvgIpc) is 2.59. The summed E-state index contributed by atoms with van der Waals surface area (Å²) in [7, 11) is 0. The van der Waals surface area contributed by atoms with Gasteiger partial charge < -0.3 is 0 Å². The van der Waals surface area contributed by atoms with E-state index in [4.69, 9.17) is 0 Å². The van der Waals surface area contributed by atoms with Crippen molar-refractivity contribution >= 4 is 11.6 Å². The van der Waals surface area contributed by atoms with Crippen LogP contribution in [0.15, 0.2) is 46.6 Å². The summed E-state index contributed by atoms with van der Waals surface area (Å²) in [4.78, 5) is 23.3. The van der Waals surface area contributed by atoms with Crippen LogP contribution in [0.5, 0.6) is 0 Å². The number of hydrogen-bond acceptors (Lipinski definition) is 2. The molecule has 0 N–H and O–H groups in total. The fourth-order valence-electron chi connectivity index (χ4n) is 2.51. The minimum Gasteiger partial charge on any atom is -0.290 e. The van der Waals surface area contributed by atoms with Crippen LogP contribution in [0.1, 0.15) is 19.3 Å². The smallest absolute Gasteiger partial charge is 0.185 e. The van der Waals surface area contributed by atoms with Crippen molar-refractivity contribution in [3.63, 3.8) is 0 Å². The molecule has 2 nitrogen and oxygen atoms in total. The van der Waals surface area contributed by atoms with Crippen molar-refractivity contribution in [3.8, 4) is 0 Å². The van der Waals surface area contributed by atoms with Crippen molar-refractivity contribution in [3.05, 3.63) is 46.6 Å². The van der Waals surface area contributed by atoms with Crippen LogP contribution >= 0.6 is 0 Å². The van der Waals surface area contributed by atoms with Crippen LogP contribution in [0.4, 0.5) is 0 Å². The Balaban J connectivity index is 2.09. The molecule has 0 radical (unpaired) electrons. The maximum absolute atomic E-state index is 11.7. The zero-order valence-corrected chi connectivity index (χ0v) is 8.25. The highest BCUT2D eigenvalue weighted by molar-refractivity contribution is 6.15. The van der Waals surface area contributed by atoms with Crippen molar-refractivity contribution in [2.24, 2.45) is 0 Å². The van der Waals surface area contributed by atoms with Crippen LogP contribution in [-0.2, 0) is 9.59 Å². The van der Waals surface area contributed by atoms with Gasteiger partial charge in [0.1, 0.15) is 0 Å². The van der Waals surface area contributed by atoms with Crippen LogP contribution in [-0.4, -0.2) is 11.6 Å². The summed E-state index contributed by atoms with van der Waals surface area (Å²) in [5.74, 6) is 0.155. The van der Waals surface area contributed by atoms with E-state index in [-0.39, 0.29) is 11.6 Å². The molecule has 0 amide bonds. The third kappa shape index (κ3) is 1.11. The predicted molar refractivity (Wildman–Crippen MR) is 56.2 cm³/mol. The molecule has 0 aromatic rings. The largest absolute Gasteiger partial charge is 0.290 e. The van der Waals surface area contributed by atoms with Crippen molar-refractivity contribution < 1.29 is 9.59 Å². The average molecular weight is 198 g/mol. The number of fused-ring (bicyclic) bond motifs is 1. The van der Waals surface area contributed by atoms with E-state index in [1.54, 1.807) is 12.2 Å². The van der Waals surface area contributed by atoms with Crippen molar-refractivity contribution in [2.45, 2.75) is 19.3 Å². The van der Waals surface area contributed by atoms with Gasteiger partial charge in [0.15, 0.2) is 11.6 Å². The van der Waals surface area contributed by atoms with Crippen LogP contribution < -0.4 is 0 Å². The second kappa shape index (κ2) is 2.89. The minimum atomic E-state index is 0.0735. The lowest BCUT2D eigenvalue weighted by atomic mass is 9.91. The maximum atomic E-state index is 11.7. The van der Waals surface area contributed by atoms with Crippen molar-refractivity contribution in [1.29, 1.82) is 0 Å². The zero-order valence-electron chi connectivity index (χ0n) is 8.25. The van der Waals surface area contributed by atoms with Gasteiger partial charge in [-0.2, -0.15) is 0 Å². The molecule has 3 aliphatic carbocycles. The van der Waals surface area contributed by atoms with E-state index in [1.807, 2.05) is 12.2 Å². The molecule has 0 heterocycles. The normalized spacial score (nSPS) is 23.7. The summed E-state index contributed by atoms with van der Waals surface area (Å²) in [5, 5.41) is 0. The van der Waals surface area contributed by atoms with E-state index >= 15 is 0 Å². The first-order valence-electron chi connectivity index (χ1n) is 5.13. The molecule has 0 saturated carbocycles. The molecule has 0 aliphatic heterocycles. The maximum Gasteiger partial charge on any atom is 0.185 e. The first kappa shape index (κ1) is 8.60. The lowest BCUT2D eigenvalue weighted by molar-refractivity contribution is -0.111. The zero-order chi connectivity index (χ0) is 10.4. The summed E-state index contributed by atoms with van der Waals surface area (Å²) in [6, 6.07) is 0. The molecule has 0 aromatic heterocycles. The van der Waals surface area contributed by atoms with Gasteiger partial charge in [-0.15, -0.1) is 0 Å². The second-order valence-electron chi connectivity index (χ2n) is 4.05. The van der Waals surface area contributed by atoms with Crippen LogP contribution in [0.25, 0.3) is 0 Å². The highest BCUT2D eigenvalue weighted by atomic mass is 16.1. The molecule has 0 spiro atoms. The molecule has 0 unspecified atom stereocenters.